The highest BCUT2D eigenvalue weighted by Gasteiger charge is 2.14. The van der Waals surface area contributed by atoms with Crippen LogP contribution in [0.3, 0.4) is 0 Å². The number of nitrogens with one attached hydrogen (secondary N) is 1. The van der Waals surface area contributed by atoms with Gasteiger partial charge in [-0.05, 0) is 42.5 Å². The Balaban J connectivity index is 1.51. The summed E-state index contributed by atoms with van der Waals surface area (Å²) in [6.07, 6.45) is 4.25. The fraction of sp³-hybridized carbons (Fsp3) is 0.250. The molecule has 5 nitrogen and oxygen atoms in total. The molecule has 1 saturated heterocycles. The minimum Gasteiger partial charge on any atom is -0.370 e. The number of anilines is 1. The molecule has 0 atom stereocenters. The maximum absolute atomic E-state index is 12.4. The molecule has 0 aliphatic carbocycles. The fourth-order valence-corrected chi connectivity index (χ4v) is 3.79. The predicted octanol–water partition coefficient (Wildman–Crippen LogP) is 3.74. The van der Waals surface area contributed by atoms with Gasteiger partial charge in [0.2, 0.25) is 0 Å². The van der Waals surface area contributed by atoms with Crippen molar-refractivity contribution in [2.24, 2.45) is 0 Å². The van der Waals surface area contributed by atoms with Crippen molar-refractivity contribution in [1.29, 1.82) is 0 Å². The Kier molecular flexibility index (Phi) is 4.93. The summed E-state index contributed by atoms with van der Waals surface area (Å²) in [6.45, 7) is 2.68. The molecular formula is C20H20N4OS. The standard InChI is InChI=1S/C20H20N4OS/c25-20(21-14-18-7-4-10-26-18)16-6-3-5-15(11-16)19-12-17(13-22-23-19)24-8-1-2-9-24/h3-7,10-13H,1-2,8-9,14H2,(H,21,25). The van der Waals surface area contributed by atoms with Gasteiger partial charge in [-0.2, -0.15) is 10.2 Å². The van der Waals surface area contributed by atoms with Gasteiger partial charge in [-0.1, -0.05) is 18.2 Å². The Labute approximate surface area is 156 Å². The van der Waals surface area contributed by atoms with Crippen LogP contribution in [-0.2, 0) is 6.54 Å². The minimum absolute atomic E-state index is 0.0797. The summed E-state index contributed by atoms with van der Waals surface area (Å²) >= 11 is 1.64. The number of aromatic nitrogens is 2. The van der Waals surface area contributed by atoms with Gasteiger partial charge < -0.3 is 10.2 Å². The van der Waals surface area contributed by atoms with Crippen molar-refractivity contribution in [3.8, 4) is 11.3 Å². The Morgan fingerprint density at radius 3 is 2.85 bits per heavy atom. The second-order valence-electron chi connectivity index (χ2n) is 6.34. The van der Waals surface area contributed by atoms with E-state index >= 15 is 0 Å². The molecule has 0 saturated carbocycles. The minimum atomic E-state index is -0.0797. The molecule has 3 heterocycles. The summed E-state index contributed by atoms with van der Waals surface area (Å²) in [5.41, 5.74) is 3.43. The van der Waals surface area contributed by atoms with E-state index in [0.29, 0.717) is 12.1 Å². The summed E-state index contributed by atoms with van der Waals surface area (Å²) in [4.78, 5) is 15.9. The first kappa shape index (κ1) is 16.7. The molecule has 1 N–H and O–H groups in total. The maximum Gasteiger partial charge on any atom is 0.251 e. The second kappa shape index (κ2) is 7.66. The lowest BCUT2D eigenvalue weighted by molar-refractivity contribution is 0.0951. The second-order valence-corrected chi connectivity index (χ2v) is 7.37. The van der Waals surface area contributed by atoms with E-state index in [4.69, 9.17) is 0 Å². The smallest absolute Gasteiger partial charge is 0.251 e. The zero-order valence-corrected chi connectivity index (χ0v) is 15.2. The van der Waals surface area contributed by atoms with Crippen molar-refractivity contribution in [1.82, 2.24) is 15.5 Å². The molecule has 1 aliphatic heterocycles. The number of amides is 1. The Morgan fingerprint density at radius 2 is 2.04 bits per heavy atom. The monoisotopic (exact) mass is 364 g/mol. The van der Waals surface area contributed by atoms with Crippen molar-refractivity contribution in [2.45, 2.75) is 19.4 Å². The molecule has 4 rings (SSSR count). The van der Waals surface area contributed by atoms with Crippen LogP contribution >= 0.6 is 11.3 Å². The van der Waals surface area contributed by atoms with Crippen LogP contribution in [0.2, 0.25) is 0 Å². The predicted molar refractivity (Wildman–Crippen MR) is 104 cm³/mol. The van der Waals surface area contributed by atoms with Gasteiger partial charge in [-0.3, -0.25) is 4.79 Å². The summed E-state index contributed by atoms with van der Waals surface area (Å²) in [5, 5.41) is 13.4. The van der Waals surface area contributed by atoms with E-state index in [2.05, 4.69) is 26.5 Å². The number of rotatable bonds is 5. The number of thiophene rings is 1. The first-order valence-corrected chi connectivity index (χ1v) is 9.66. The number of hydrogen-bond acceptors (Lipinski definition) is 5. The van der Waals surface area contributed by atoms with Crippen molar-refractivity contribution in [3.05, 3.63) is 64.5 Å². The first-order chi connectivity index (χ1) is 12.8. The molecule has 0 unspecified atom stereocenters. The lowest BCUT2D eigenvalue weighted by Crippen LogP contribution is -2.22. The van der Waals surface area contributed by atoms with E-state index in [-0.39, 0.29) is 5.91 Å². The molecule has 1 aliphatic rings. The van der Waals surface area contributed by atoms with E-state index in [1.165, 1.54) is 12.8 Å². The molecule has 1 fully saturated rings. The largest absolute Gasteiger partial charge is 0.370 e. The highest BCUT2D eigenvalue weighted by molar-refractivity contribution is 7.09. The maximum atomic E-state index is 12.4. The average Bonchev–Trinajstić information content (AvgIpc) is 3.40. The molecule has 0 spiro atoms. The lowest BCUT2D eigenvalue weighted by Gasteiger charge is -2.17. The fourth-order valence-electron chi connectivity index (χ4n) is 3.15. The third-order valence-corrected chi connectivity index (χ3v) is 5.41. The SMILES string of the molecule is O=C(NCc1cccs1)c1cccc(-c2cc(N3CCCC3)cnn2)c1. The molecule has 2 aromatic heterocycles. The molecule has 26 heavy (non-hydrogen) atoms. The van der Waals surface area contributed by atoms with Crippen LogP contribution in [0.1, 0.15) is 28.1 Å². The van der Waals surface area contributed by atoms with Crippen LogP contribution in [0.5, 0.6) is 0 Å². The average molecular weight is 364 g/mol. The lowest BCUT2D eigenvalue weighted by atomic mass is 10.1. The molecule has 6 heteroatoms. The van der Waals surface area contributed by atoms with Crippen molar-refractivity contribution in [3.63, 3.8) is 0 Å². The Bertz CT molecular complexity index is 888. The third kappa shape index (κ3) is 3.75. The van der Waals surface area contributed by atoms with Gasteiger partial charge in [0, 0.05) is 29.1 Å². The molecule has 3 aromatic rings. The van der Waals surface area contributed by atoms with Gasteiger partial charge in [-0.25, -0.2) is 0 Å². The Hall–Kier alpha value is -2.73. The molecule has 1 amide bonds. The normalized spacial score (nSPS) is 13.8. The highest BCUT2D eigenvalue weighted by atomic mass is 32.1. The van der Waals surface area contributed by atoms with Crippen molar-refractivity contribution < 1.29 is 4.79 Å². The van der Waals surface area contributed by atoms with Crippen LogP contribution in [0.15, 0.2) is 54.0 Å². The molecule has 0 radical (unpaired) electrons. The van der Waals surface area contributed by atoms with E-state index in [0.717, 1.165) is 34.9 Å². The number of carbonyl (C=O) groups is 1. The van der Waals surface area contributed by atoms with Crippen LogP contribution in [-0.4, -0.2) is 29.2 Å². The number of carbonyl (C=O) groups excluding carboxylic acids is 1. The van der Waals surface area contributed by atoms with Gasteiger partial charge in [0.1, 0.15) is 0 Å². The van der Waals surface area contributed by atoms with Crippen LogP contribution in [0, 0.1) is 0 Å². The van der Waals surface area contributed by atoms with Crippen LogP contribution in [0.25, 0.3) is 11.3 Å². The molecule has 132 valence electrons. The molecule has 1 aromatic carbocycles. The van der Waals surface area contributed by atoms with Gasteiger partial charge in [-0.15, -0.1) is 11.3 Å². The Morgan fingerprint density at radius 1 is 1.15 bits per heavy atom. The van der Waals surface area contributed by atoms with E-state index < -0.39 is 0 Å². The zero-order chi connectivity index (χ0) is 17.8. The molecular weight excluding hydrogens is 344 g/mol. The van der Waals surface area contributed by atoms with E-state index in [1.807, 2.05) is 48.0 Å². The zero-order valence-electron chi connectivity index (χ0n) is 14.4. The first-order valence-electron chi connectivity index (χ1n) is 8.78. The topological polar surface area (TPSA) is 58.1 Å². The van der Waals surface area contributed by atoms with Crippen LogP contribution in [0.4, 0.5) is 5.69 Å². The van der Waals surface area contributed by atoms with Gasteiger partial charge in [0.25, 0.3) is 5.91 Å². The van der Waals surface area contributed by atoms with E-state index in [9.17, 15) is 4.79 Å². The van der Waals surface area contributed by atoms with Crippen molar-refractivity contribution in [2.75, 3.05) is 18.0 Å². The third-order valence-electron chi connectivity index (χ3n) is 4.54. The van der Waals surface area contributed by atoms with Crippen molar-refractivity contribution >= 4 is 22.9 Å². The summed E-state index contributed by atoms with van der Waals surface area (Å²) in [6, 6.07) is 13.6. The summed E-state index contributed by atoms with van der Waals surface area (Å²) in [7, 11) is 0. The van der Waals surface area contributed by atoms with Gasteiger partial charge >= 0.3 is 0 Å². The quantitative estimate of drug-likeness (QED) is 0.749. The van der Waals surface area contributed by atoms with Gasteiger partial charge in [0.05, 0.1) is 24.1 Å². The highest BCUT2D eigenvalue weighted by Crippen LogP contribution is 2.24. The van der Waals surface area contributed by atoms with Gasteiger partial charge in [0.15, 0.2) is 0 Å². The number of hydrogen-bond donors (Lipinski definition) is 1. The number of benzene rings is 1. The van der Waals surface area contributed by atoms with Crippen LogP contribution < -0.4 is 10.2 Å². The van der Waals surface area contributed by atoms with E-state index in [1.54, 1.807) is 11.3 Å². The number of nitrogens with zero attached hydrogens (tertiary/aromatic N) is 3. The summed E-state index contributed by atoms with van der Waals surface area (Å²) in [5.74, 6) is -0.0797. The molecule has 0 bridgehead atoms. The summed E-state index contributed by atoms with van der Waals surface area (Å²) < 4.78 is 0.